The fraction of sp³-hybridized carbons (Fsp3) is 0.469. The molecule has 0 aromatic heterocycles. The van der Waals surface area contributed by atoms with Gasteiger partial charge in [-0.05, 0) is 98.7 Å². The Balaban J connectivity index is 1.50. The van der Waals surface area contributed by atoms with Crippen LogP contribution in [0.15, 0.2) is 61.7 Å². The number of benzene rings is 2. The van der Waals surface area contributed by atoms with Crippen molar-refractivity contribution in [2.45, 2.75) is 62.2 Å². The number of hydrogen-bond donors (Lipinski definition) is 2. The molecule has 3 aliphatic rings. The first-order chi connectivity index (χ1) is 19.6. The Morgan fingerprint density at radius 3 is 2.78 bits per heavy atom. The number of aryl methyl sites for hydroxylation is 1. The van der Waals surface area contributed by atoms with Gasteiger partial charge in [0.1, 0.15) is 5.75 Å². The van der Waals surface area contributed by atoms with Gasteiger partial charge in [0, 0.05) is 29.1 Å². The summed E-state index contributed by atoms with van der Waals surface area (Å²) in [6, 6.07) is 11.2. The first kappa shape index (κ1) is 29.7. The number of halogens is 1. The molecule has 2 aromatic rings. The van der Waals surface area contributed by atoms with Gasteiger partial charge in [0.25, 0.3) is 5.91 Å². The molecule has 5 rings (SSSR count). The number of nitrogens with one attached hydrogen (secondary N) is 1. The minimum Gasteiger partial charge on any atom is -0.490 e. The third-order valence-electron chi connectivity index (χ3n) is 9.17. The Labute approximate surface area is 248 Å². The van der Waals surface area contributed by atoms with Crippen LogP contribution in [0.3, 0.4) is 0 Å². The van der Waals surface area contributed by atoms with Crippen LogP contribution >= 0.6 is 11.6 Å². The third kappa shape index (κ3) is 5.92. The number of ether oxygens (including phenoxy) is 1. The van der Waals surface area contributed by atoms with Crippen molar-refractivity contribution in [3.05, 3.63) is 83.4 Å². The average Bonchev–Trinajstić information content (AvgIpc) is 3.07. The van der Waals surface area contributed by atoms with E-state index in [0.29, 0.717) is 25.4 Å². The van der Waals surface area contributed by atoms with Crippen LogP contribution in [-0.2, 0) is 21.9 Å². The van der Waals surface area contributed by atoms with Gasteiger partial charge in [-0.15, -0.1) is 13.2 Å². The number of aliphatic hydroxyl groups excluding tert-OH is 1. The molecule has 0 saturated heterocycles. The number of anilines is 1. The van der Waals surface area contributed by atoms with E-state index in [9.17, 15) is 18.3 Å². The largest absolute Gasteiger partial charge is 0.490 e. The Kier molecular flexibility index (Phi) is 8.56. The lowest BCUT2D eigenvalue weighted by molar-refractivity contribution is 0.0460. The number of allylic oxidation sites excluding steroid dienone is 1. The van der Waals surface area contributed by atoms with Crippen LogP contribution in [-0.4, -0.2) is 50.5 Å². The molecule has 1 spiro atoms. The minimum atomic E-state index is -3.87. The van der Waals surface area contributed by atoms with Gasteiger partial charge < -0.3 is 14.7 Å². The normalized spacial score (nSPS) is 25.0. The van der Waals surface area contributed by atoms with Crippen molar-refractivity contribution >= 4 is 33.2 Å². The standard InChI is InChI=1S/C32H39ClN2O5S/c1-4-7-21(3)41(38,39)34-31(37)23-10-14-30-28(17-23)35(18-24-9-12-26(24)29(36)5-2)19-32(20-40-30)15-6-8-22-16-25(33)11-13-27(22)32/h4-5,10-11,13-14,16-17,21,24,26,29,36H,1-2,6-9,12,15,18-20H2,3H3,(H,34,37)/t21-,24-,26+,29-,32-/m0/s1. The topological polar surface area (TPSA) is 95.9 Å². The zero-order chi connectivity index (χ0) is 29.4. The molecule has 1 amide bonds. The Morgan fingerprint density at radius 2 is 2.07 bits per heavy atom. The van der Waals surface area contributed by atoms with Crippen molar-refractivity contribution in [3.8, 4) is 5.75 Å². The molecule has 1 aliphatic heterocycles. The maximum Gasteiger partial charge on any atom is 0.264 e. The van der Waals surface area contributed by atoms with Gasteiger partial charge in [-0.1, -0.05) is 29.8 Å². The highest BCUT2D eigenvalue weighted by Gasteiger charge is 2.44. The molecule has 0 radical (unpaired) electrons. The summed E-state index contributed by atoms with van der Waals surface area (Å²) in [4.78, 5) is 15.5. The Bertz CT molecular complexity index is 1440. The van der Waals surface area contributed by atoms with Crippen LogP contribution in [0, 0.1) is 11.8 Å². The fourth-order valence-corrected chi connectivity index (χ4v) is 7.80. The number of aliphatic hydroxyl groups is 1. The summed E-state index contributed by atoms with van der Waals surface area (Å²) in [5.41, 5.74) is 3.20. The maximum absolute atomic E-state index is 13.2. The predicted molar refractivity (Wildman–Crippen MR) is 163 cm³/mol. The van der Waals surface area contributed by atoms with Gasteiger partial charge in [-0.3, -0.25) is 4.79 Å². The molecule has 1 heterocycles. The number of fused-ring (bicyclic) bond motifs is 3. The Morgan fingerprint density at radius 1 is 1.27 bits per heavy atom. The predicted octanol–water partition coefficient (Wildman–Crippen LogP) is 5.41. The number of amides is 1. The molecule has 2 N–H and O–H groups in total. The molecule has 1 saturated carbocycles. The second kappa shape index (κ2) is 11.8. The monoisotopic (exact) mass is 598 g/mol. The van der Waals surface area contributed by atoms with Gasteiger partial charge in [-0.25, -0.2) is 13.1 Å². The van der Waals surface area contributed by atoms with E-state index in [4.69, 9.17) is 16.3 Å². The van der Waals surface area contributed by atoms with Crippen molar-refractivity contribution in [3.63, 3.8) is 0 Å². The van der Waals surface area contributed by atoms with E-state index in [0.717, 1.165) is 42.8 Å². The lowest BCUT2D eigenvalue weighted by Crippen LogP contribution is -2.49. The van der Waals surface area contributed by atoms with Gasteiger partial charge in [0.2, 0.25) is 10.0 Å². The number of carbonyl (C=O) groups is 1. The van der Waals surface area contributed by atoms with Crippen LogP contribution in [0.5, 0.6) is 5.75 Å². The smallest absolute Gasteiger partial charge is 0.264 e. The third-order valence-corrected chi connectivity index (χ3v) is 11.1. The molecule has 9 heteroatoms. The zero-order valence-electron chi connectivity index (χ0n) is 23.5. The van der Waals surface area contributed by atoms with Crippen LogP contribution in [0.4, 0.5) is 5.69 Å². The summed E-state index contributed by atoms with van der Waals surface area (Å²) in [5, 5.41) is 10.5. The molecule has 0 bridgehead atoms. The SMILES string of the molecule is C=CC[C@H](C)S(=O)(=O)NC(=O)c1ccc2c(c1)N(C[C@@H]1CC[C@H]1[C@@H](O)C=C)C[C@@]1(CCCc3cc(Cl)ccc31)CO2. The number of rotatable bonds is 9. The number of sulfonamides is 1. The van der Waals surface area contributed by atoms with Gasteiger partial charge in [0.15, 0.2) is 0 Å². The van der Waals surface area contributed by atoms with Crippen molar-refractivity contribution in [2.75, 3.05) is 24.6 Å². The lowest BCUT2D eigenvalue weighted by atomic mass is 9.68. The zero-order valence-corrected chi connectivity index (χ0v) is 25.1. The summed E-state index contributed by atoms with van der Waals surface area (Å²) in [7, 11) is -3.87. The van der Waals surface area contributed by atoms with Crippen LogP contribution in [0.2, 0.25) is 5.02 Å². The van der Waals surface area contributed by atoms with Crippen LogP contribution < -0.4 is 14.4 Å². The molecule has 41 heavy (non-hydrogen) atoms. The van der Waals surface area contributed by atoms with Crippen LogP contribution in [0.25, 0.3) is 0 Å². The number of nitrogens with zero attached hydrogens (tertiary/aromatic N) is 1. The van der Waals surface area contributed by atoms with E-state index in [2.05, 4.69) is 34.9 Å². The molecule has 1 fully saturated rings. The summed E-state index contributed by atoms with van der Waals surface area (Å²) in [6.07, 6.45) is 7.64. The highest BCUT2D eigenvalue weighted by atomic mass is 35.5. The fourth-order valence-electron chi connectivity index (χ4n) is 6.63. The Hall–Kier alpha value is -2.81. The van der Waals surface area contributed by atoms with Crippen molar-refractivity contribution in [1.29, 1.82) is 0 Å². The van der Waals surface area contributed by atoms with Crippen molar-refractivity contribution in [1.82, 2.24) is 4.72 Å². The molecular weight excluding hydrogens is 560 g/mol. The quantitative estimate of drug-likeness (QED) is 0.375. The maximum atomic E-state index is 13.2. The number of carbonyl (C=O) groups excluding carboxylic acids is 1. The van der Waals surface area contributed by atoms with E-state index in [-0.39, 0.29) is 29.2 Å². The minimum absolute atomic E-state index is 0.122. The van der Waals surface area contributed by atoms with Gasteiger partial charge >= 0.3 is 0 Å². The van der Waals surface area contributed by atoms with E-state index in [1.165, 1.54) is 17.2 Å². The lowest BCUT2D eigenvalue weighted by Gasteiger charge is -2.45. The van der Waals surface area contributed by atoms with Gasteiger partial charge in [-0.2, -0.15) is 0 Å². The second-order valence-corrected chi connectivity index (χ2v) is 14.4. The molecule has 2 aliphatic carbocycles. The summed E-state index contributed by atoms with van der Waals surface area (Å²) < 4.78 is 34.2. The van der Waals surface area contributed by atoms with Crippen molar-refractivity contribution in [2.24, 2.45) is 11.8 Å². The van der Waals surface area contributed by atoms with E-state index >= 15 is 0 Å². The van der Waals surface area contributed by atoms with E-state index in [1.54, 1.807) is 31.2 Å². The molecule has 2 aromatic carbocycles. The van der Waals surface area contributed by atoms with E-state index < -0.39 is 27.3 Å². The van der Waals surface area contributed by atoms with E-state index in [1.807, 2.05) is 6.07 Å². The molecule has 0 unspecified atom stereocenters. The van der Waals surface area contributed by atoms with Crippen LogP contribution in [0.1, 0.15) is 60.5 Å². The molecule has 220 valence electrons. The summed E-state index contributed by atoms with van der Waals surface area (Å²) in [5.74, 6) is 0.347. The molecule has 7 nitrogen and oxygen atoms in total. The second-order valence-electron chi connectivity index (χ2n) is 11.8. The molecular formula is C32H39ClN2O5S. The highest BCUT2D eigenvalue weighted by Crippen LogP contribution is 2.46. The summed E-state index contributed by atoms with van der Waals surface area (Å²) >= 11 is 6.36. The summed E-state index contributed by atoms with van der Waals surface area (Å²) in [6.45, 7) is 10.8. The molecule has 5 atom stereocenters. The first-order valence-corrected chi connectivity index (χ1v) is 16.3. The first-order valence-electron chi connectivity index (χ1n) is 14.3. The average molecular weight is 599 g/mol. The van der Waals surface area contributed by atoms with Crippen molar-refractivity contribution < 1.29 is 23.1 Å². The highest BCUT2D eigenvalue weighted by molar-refractivity contribution is 7.90. The van der Waals surface area contributed by atoms with Gasteiger partial charge in [0.05, 0.1) is 23.6 Å². The number of hydrogen-bond acceptors (Lipinski definition) is 6.